The summed E-state index contributed by atoms with van der Waals surface area (Å²) >= 11 is 0. The normalized spacial score (nSPS) is 56.8. The Balaban J connectivity index is 1.54. The van der Waals surface area contributed by atoms with Crippen molar-refractivity contribution in [2.24, 2.45) is 34.5 Å². The Morgan fingerprint density at radius 2 is 1.83 bits per heavy atom. The molecule has 0 aromatic heterocycles. The molecule has 6 nitrogen and oxygen atoms in total. The van der Waals surface area contributed by atoms with Gasteiger partial charge in [-0.3, -0.25) is 0 Å². The van der Waals surface area contributed by atoms with E-state index in [-0.39, 0.29) is 36.4 Å². The molecular weight excluding hydrogens is 372 g/mol. The van der Waals surface area contributed by atoms with Gasteiger partial charge in [0.05, 0.1) is 23.9 Å². The molecule has 0 spiro atoms. The highest BCUT2D eigenvalue weighted by molar-refractivity contribution is 5.85. The van der Waals surface area contributed by atoms with E-state index >= 15 is 0 Å². The van der Waals surface area contributed by atoms with E-state index in [9.17, 15) is 25.2 Å². The number of hydrogen-bond donors (Lipinski definition) is 4. The highest BCUT2D eigenvalue weighted by atomic mass is 16.5. The second-order valence-corrected chi connectivity index (χ2v) is 11.0. The molecule has 4 aliphatic carbocycles. The van der Waals surface area contributed by atoms with Crippen LogP contribution in [0.15, 0.2) is 11.6 Å². The fourth-order valence-corrected chi connectivity index (χ4v) is 8.44. The molecule has 4 saturated carbocycles. The predicted molar refractivity (Wildman–Crippen MR) is 105 cm³/mol. The number of esters is 1. The first kappa shape index (κ1) is 20.0. The highest BCUT2D eigenvalue weighted by Crippen LogP contribution is 2.69. The first-order valence-electron chi connectivity index (χ1n) is 11.2. The van der Waals surface area contributed by atoms with Gasteiger partial charge in [0.25, 0.3) is 0 Å². The predicted octanol–water partition coefficient (Wildman–Crippen LogP) is 1.55. The minimum Gasteiger partial charge on any atom is -0.458 e. The van der Waals surface area contributed by atoms with Gasteiger partial charge >= 0.3 is 5.97 Å². The van der Waals surface area contributed by atoms with E-state index in [2.05, 4.69) is 6.92 Å². The smallest absolute Gasteiger partial charge is 0.331 e. The van der Waals surface area contributed by atoms with Crippen LogP contribution in [0.1, 0.15) is 58.8 Å². The number of aliphatic hydroxyl groups excluding tert-OH is 3. The number of hydrogen-bond acceptors (Lipinski definition) is 6. The number of aliphatic hydroxyl groups is 4. The minimum atomic E-state index is -1.18. The fraction of sp³-hybridized carbons (Fsp3) is 0.870. The second kappa shape index (κ2) is 6.28. The Morgan fingerprint density at radius 3 is 2.52 bits per heavy atom. The molecule has 0 bridgehead atoms. The molecule has 0 aromatic carbocycles. The number of carbonyl (C=O) groups excluding carboxylic acids is 1. The molecule has 162 valence electrons. The fourth-order valence-electron chi connectivity index (χ4n) is 8.44. The summed E-state index contributed by atoms with van der Waals surface area (Å²) in [6.45, 7) is 4.32. The summed E-state index contributed by atoms with van der Waals surface area (Å²) in [6, 6.07) is 0. The molecule has 0 radical (unpaired) electrons. The summed E-state index contributed by atoms with van der Waals surface area (Å²) in [6.07, 6.45) is 4.76. The van der Waals surface area contributed by atoms with E-state index in [1.54, 1.807) is 0 Å². The third-order valence-corrected chi connectivity index (χ3v) is 10.0. The van der Waals surface area contributed by atoms with Gasteiger partial charge in [-0.25, -0.2) is 4.79 Å². The Bertz CT molecular complexity index is 750. The van der Waals surface area contributed by atoms with Gasteiger partial charge in [0, 0.05) is 23.8 Å². The first-order chi connectivity index (χ1) is 13.6. The van der Waals surface area contributed by atoms with Gasteiger partial charge in [0.15, 0.2) is 0 Å². The lowest BCUT2D eigenvalue weighted by atomic mass is 9.42. The standard InChI is InChI=1S/C23H34O6/c1-21-6-5-14(24)8-13(21)3-4-15-16(21)9-18(26)22(2)20(12-7-19(27)29-11-12)17(25)10-23(15,22)28/h7,13-18,20,24-26,28H,3-6,8-11H2,1-2H3/t13-,14?,15-,16+,17+,18-,20+,21+,22-,23+/m1/s1. The Morgan fingerprint density at radius 1 is 1.07 bits per heavy atom. The van der Waals surface area contributed by atoms with Gasteiger partial charge in [-0.1, -0.05) is 13.8 Å². The van der Waals surface area contributed by atoms with Crippen LogP contribution >= 0.6 is 0 Å². The lowest BCUT2D eigenvalue weighted by Gasteiger charge is -2.64. The molecule has 1 heterocycles. The van der Waals surface area contributed by atoms with Crippen molar-refractivity contribution < 1.29 is 30.0 Å². The van der Waals surface area contributed by atoms with Crippen LogP contribution in [-0.2, 0) is 9.53 Å². The van der Waals surface area contributed by atoms with Crippen LogP contribution in [0.4, 0.5) is 0 Å². The zero-order valence-corrected chi connectivity index (χ0v) is 17.4. The topological polar surface area (TPSA) is 107 Å². The molecule has 0 aromatic rings. The van der Waals surface area contributed by atoms with Crippen molar-refractivity contribution >= 4 is 5.97 Å². The van der Waals surface area contributed by atoms with Crippen LogP contribution in [0.2, 0.25) is 0 Å². The number of fused-ring (bicyclic) bond motifs is 5. The average Bonchev–Trinajstić information content (AvgIpc) is 3.15. The zero-order valence-electron chi connectivity index (χ0n) is 17.4. The van der Waals surface area contributed by atoms with Gasteiger partial charge in [-0.15, -0.1) is 0 Å². The average molecular weight is 407 g/mol. The van der Waals surface area contributed by atoms with Gasteiger partial charge < -0.3 is 25.2 Å². The number of ether oxygens (including phenoxy) is 1. The molecule has 1 aliphatic heterocycles. The second-order valence-electron chi connectivity index (χ2n) is 11.0. The van der Waals surface area contributed by atoms with Crippen LogP contribution in [-0.4, -0.2) is 56.9 Å². The van der Waals surface area contributed by atoms with Crippen LogP contribution in [0, 0.1) is 34.5 Å². The van der Waals surface area contributed by atoms with Crippen molar-refractivity contribution in [2.45, 2.75) is 82.7 Å². The summed E-state index contributed by atoms with van der Waals surface area (Å²) in [5.74, 6) is -0.302. The van der Waals surface area contributed by atoms with Crippen molar-refractivity contribution in [3.8, 4) is 0 Å². The van der Waals surface area contributed by atoms with Gasteiger partial charge in [-0.2, -0.15) is 0 Å². The Kier molecular flexibility index (Phi) is 4.33. The van der Waals surface area contributed by atoms with E-state index in [1.807, 2.05) is 6.92 Å². The van der Waals surface area contributed by atoms with E-state index in [0.717, 1.165) is 32.1 Å². The summed E-state index contributed by atoms with van der Waals surface area (Å²) < 4.78 is 5.09. The largest absolute Gasteiger partial charge is 0.458 e. The van der Waals surface area contributed by atoms with Crippen molar-refractivity contribution in [1.82, 2.24) is 0 Å². The molecule has 4 fully saturated rings. The first-order valence-corrected chi connectivity index (χ1v) is 11.2. The van der Waals surface area contributed by atoms with Crippen molar-refractivity contribution in [1.29, 1.82) is 0 Å². The lowest BCUT2D eigenvalue weighted by Crippen LogP contribution is -2.67. The molecule has 6 heteroatoms. The highest BCUT2D eigenvalue weighted by Gasteiger charge is 2.73. The third-order valence-electron chi connectivity index (χ3n) is 10.0. The van der Waals surface area contributed by atoms with E-state index in [4.69, 9.17) is 4.74 Å². The summed E-state index contributed by atoms with van der Waals surface area (Å²) in [4.78, 5) is 11.7. The number of rotatable bonds is 1. The summed E-state index contributed by atoms with van der Waals surface area (Å²) in [7, 11) is 0. The quantitative estimate of drug-likeness (QED) is 0.492. The molecule has 29 heavy (non-hydrogen) atoms. The van der Waals surface area contributed by atoms with E-state index in [1.165, 1.54) is 6.08 Å². The third kappa shape index (κ3) is 2.46. The molecule has 5 rings (SSSR count). The zero-order chi connectivity index (χ0) is 20.8. The lowest BCUT2D eigenvalue weighted by molar-refractivity contribution is -0.245. The number of cyclic esters (lactones) is 1. The monoisotopic (exact) mass is 406 g/mol. The van der Waals surface area contributed by atoms with Crippen molar-refractivity contribution in [3.63, 3.8) is 0 Å². The molecule has 4 N–H and O–H groups in total. The van der Waals surface area contributed by atoms with E-state index in [0.29, 0.717) is 17.9 Å². The number of carbonyl (C=O) groups is 1. The maximum absolute atomic E-state index is 12.1. The Hall–Kier alpha value is -0.950. The summed E-state index contributed by atoms with van der Waals surface area (Å²) in [5, 5.41) is 44.8. The molecule has 5 aliphatic rings. The SMILES string of the molecule is C[C@]12CCC(O)C[C@H]1CC[C@@H]1[C@@H]2C[C@@H](O)[C@]2(C)[C@@H](C3=CC(=O)OC3)[C@@H](O)C[C@]12O. The molecular formula is C23H34O6. The van der Waals surface area contributed by atoms with Crippen molar-refractivity contribution in [3.05, 3.63) is 11.6 Å². The van der Waals surface area contributed by atoms with Crippen LogP contribution in [0.3, 0.4) is 0 Å². The maximum atomic E-state index is 12.1. The van der Waals surface area contributed by atoms with Crippen LogP contribution in [0.5, 0.6) is 0 Å². The molecule has 0 amide bonds. The molecule has 0 saturated heterocycles. The maximum Gasteiger partial charge on any atom is 0.331 e. The van der Waals surface area contributed by atoms with Gasteiger partial charge in [0.1, 0.15) is 6.61 Å². The van der Waals surface area contributed by atoms with E-state index < -0.39 is 35.1 Å². The molecule has 10 atom stereocenters. The minimum absolute atomic E-state index is 0.00503. The van der Waals surface area contributed by atoms with Crippen LogP contribution in [0.25, 0.3) is 0 Å². The van der Waals surface area contributed by atoms with Crippen LogP contribution < -0.4 is 0 Å². The molecule has 1 unspecified atom stereocenters. The Labute approximate surface area is 172 Å². The van der Waals surface area contributed by atoms with Gasteiger partial charge in [0.2, 0.25) is 0 Å². The van der Waals surface area contributed by atoms with Crippen molar-refractivity contribution in [2.75, 3.05) is 6.61 Å². The van der Waals surface area contributed by atoms with Gasteiger partial charge in [-0.05, 0) is 67.3 Å². The summed E-state index contributed by atoms with van der Waals surface area (Å²) in [5.41, 5.74) is -1.41.